The van der Waals surface area contributed by atoms with Gasteiger partial charge in [-0.1, -0.05) is 44.0 Å². The first-order chi connectivity index (χ1) is 13.9. The molecule has 5 nitrogen and oxygen atoms in total. The highest BCUT2D eigenvalue weighted by Gasteiger charge is 2.21. The molecule has 7 heteroatoms. The summed E-state index contributed by atoms with van der Waals surface area (Å²) in [6.45, 7) is 5.38. The minimum Gasteiger partial charge on any atom is -0.385 e. The zero-order valence-electron chi connectivity index (χ0n) is 17.1. The van der Waals surface area contributed by atoms with Crippen molar-refractivity contribution >= 4 is 33.3 Å². The predicted octanol–water partition coefficient (Wildman–Crippen LogP) is 5.10. The van der Waals surface area contributed by atoms with E-state index >= 15 is 0 Å². The van der Waals surface area contributed by atoms with Crippen molar-refractivity contribution in [1.82, 2.24) is 4.72 Å². The highest BCUT2D eigenvalue weighted by molar-refractivity contribution is 7.98. The summed E-state index contributed by atoms with van der Waals surface area (Å²) in [6, 6.07) is 16.5. The highest BCUT2D eigenvalue weighted by Crippen LogP contribution is 2.26. The van der Waals surface area contributed by atoms with Crippen LogP contribution in [-0.4, -0.2) is 26.3 Å². The van der Waals surface area contributed by atoms with Gasteiger partial charge in [0.05, 0.1) is 4.90 Å². The summed E-state index contributed by atoms with van der Waals surface area (Å²) >= 11 is 1.84. The lowest BCUT2D eigenvalue weighted by atomic mass is 9.86. The van der Waals surface area contributed by atoms with E-state index in [1.165, 1.54) is 25.7 Å². The fraction of sp³-hybridized carbons (Fsp3) is 0.455. The van der Waals surface area contributed by atoms with Gasteiger partial charge in [-0.15, -0.1) is 0 Å². The molecule has 0 atom stereocenters. The predicted molar refractivity (Wildman–Crippen MR) is 124 cm³/mol. The van der Waals surface area contributed by atoms with Crippen molar-refractivity contribution in [2.45, 2.75) is 55.7 Å². The average Bonchev–Trinajstić information content (AvgIpc) is 2.73. The molecule has 3 rings (SSSR count). The monoisotopic (exact) mass is 433 g/mol. The quantitative estimate of drug-likeness (QED) is 0.480. The van der Waals surface area contributed by atoms with Crippen LogP contribution >= 0.6 is 11.9 Å². The fourth-order valence-electron chi connectivity index (χ4n) is 3.45. The maximum Gasteiger partial charge on any atom is 0.261 e. The molecule has 29 heavy (non-hydrogen) atoms. The molecule has 2 aromatic carbocycles. The number of sulfonamides is 1. The van der Waals surface area contributed by atoms with Gasteiger partial charge in [0.15, 0.2) is 0 Å². The number of benzene rings is 2. The molecule has 0 heterocycles. The van der Waals surface area contributed by atoms with Gasteiger partial charge in [0.1, 0.15) is 0 Å². The standard InChI is InChI=1S/C22H31N3O2S2/c1-17(2)28-24-20-10-8-18(9-11-20)16-23-19-12-14-21(15-13-19)25-29(26,27)22-6-4-3-5-7-22/h3-7,12-15,17-18,20,23-25H,8-11,16H2,1-2H3. The molecule has 0 unspecified atom stereocenters. The summed E-state index contributed by atoms with van der Waals surface area (Å²) in [6.07, 6.45) is 4.93. The molecule has 0 amide bonds. The number of rotatable bonds is 9. The first-order valence-corrected chi connectivity index (χ1v) is 12.6. The van der Waals surface area contributed by atoms with Crippen LogP contribution in [0, 0.1) is 5.92 Å². The zero-order valence-corrected chi connectivity index (χ0v) is 18.7. The molecule has 1 fully saturated rings. The number of hydrogen-bond donors (Lipinski definition) is 3. The van der Waals surface area contributed by atoms with Crippen molar-refractivity contribution < 1.29 is 8.42 Å². The van der Waals surface area contributed by atoms with Crippen LogP contribution in [0.4, 0.5) is 11.4 Å². The second-order valence-electron chi connectivity index (χ2n) is 7.88. The third-order valence-electron chi connectivity index (χ3n) is 5.10. The van der Waals surface area contributed by atoms with Crippen molar-refractivity contribution in [2.24, 2.45) is 5.92 Å². The number of anilines is 2. The molecule has 0 radical (unpaired) electrons. The van der Waals surface area contributed by atoms with Crippen LogP contribution in [0.1, 0.15) is 39.5 Å². The Bertz CT molecular complexity index is 847. The first kappa shape index (κ1) is 22.0. The summed E-state index contributed by atoms with van der Waals surface area (Å²) in [5, 5.41) is 4.12. The van der Waals surface area contributed by atoms with Crippen LogP contribution in [0.3, 0.4) is 0 Å². The summed E-state index contributed by atoms with van der Waals surface area (Å²) in [5.74, 6) is 0.688. The van der Waals surface area contributed by atoms with Crippen LogP contribution in [0.2, 0.25) is 0 Å². The summed E-state index contributed by atoms with van der Waals surface area (Å²) in [5.41, 5.74) is 1.58. The smallest absolute Gasteiger partial charge is 0.261 e. The van der Waals surface area contributed by atoms with Crippen LogP contribution in [0.5, 0.6) is 0 Å². The number of hydrogen-bond acceptors (Lipinski definition) is 5. The lowest BCUT2D eigenvalue weighted by Gasteiger charge is -2.29. The van der Waals surface area contributed by atoms with Gasteiger partial charge in [0, 0.05) is 29.2 Å². The maximum atomic E-state index is 12.4. The van der Waals surface area contributed by atoms with Crippen molar-refractivity contribution in [3.8, 4) is 0 Å². The van der Waals surface area contributed by atoms with Crippen molar-refractivity contribution in [3.63, 3.8) is 0 Å². The molecule has 3 N–H and O–H groups in total. The molecular weight excluding hydrogens is 402 g/mol. The molecule has 1 saturated carbocycles. The number of nitrogens with one attached hydrogen (secondary N) is 3. The molecule has 0 spiro atoms. The van der Waals surface area contributed by atoms with Gasteiger partial charge < -0.3 is 5.32 Å². The fourth-order valence-corrected chi connectivity index (χ4v) is 5.23. The van der Waals surface area contributed by atoms with Crippen LogP contribution in [0.15, 0.2) is 59.5 Å². The summed E-state index contributed by atoms with van der Waals surface area (Å²) in [4.78, 5) is 0.263. The Morgan fingerprint density at radius 1 is 0.931 bits per heavy atom. The molecule has 1 aliphatic carbocycles. The van der Waals surface area contributed by atoms with E-state index in [1.807, 2.05) is 24.1 Å². The third-order valence-corrected chi connectivity index (χ3v) is 7.44. The molecule has 1 aliphatic rings. The van der Waals surface area contributed by atoms with E-state index in [-0.39, 0.29) is 4.90 Å². The van der Waals surface area contributed by atoms with Gasteiger partial charge in [0.2, 0.25) is 0 Å². The van der Waals surface area contributed by atoms with Crippen LogP contribution in [0.25, 0.3) is 0 Å². The second kappa shape index (κ2) is 10.4. The lowest BCUT2D eigenvalue weighted by molar-refractivity contribution is 0.328. The Morgan fingerprint density at radius 3 is 2.17 bits per heavy atom. The van der Waals surface area contributed by atoms with E-state index in [1.54, 1.807) is 42.5 Å². The van der Waals surface area contributed by atoms with Crippen LogP contribution < -0.4 is 14.8 Å². The van der Waals surface area contributed by atoms with Gasteiger partial charge in [-0.3, -0.25) is 9.44 Å². The molecule has 0 aliphatic heterocycles. The minimum absolute atomic E-state index is 0.263. The van der Waals surface area contributed by atoms with Gasteiger partial charge in [-0.25, -0.2) is 8.42 Å². The Morgan fingerprint density at radius 2 is 1.55 bits per heavy atom. The molecule has 2 aromatic rings. The minimum atomic E-state index is -3.55. The molecule has 158 valence electrons. The second-order valence-corrected chi connectivity index (χ2v) is 11.0. The van der Waals surface area contributed by atoms with Gasteiger partial charge in [-0.2, -0.15) is 0 Å². The molecule has 0 saturated heterocycles. The van der Waals surface area contributed by atoms with Crippen molar-refractivity contribution in [1.29, 1.82) is 0 Å². The molecule has 0 aromatic heterocycles. The SMILES string of the molecule is CC(C)SNC1CCC(CNc2ccc(NS(=O)(=O)c3ccccc3)cc2)CC1. The van der Waals surface area contributed by atoms with Crippen molar-refractivity contribution in [3.05, 3.63) is 54.6 Å². The van der Waals surface area contributed by atoms with Crippen LogP contribution in [-0.2, 0) is 10.0 Å². The highest BCUT2D eigenvalue weighted by atomic mass is 32.2. The van der Waals surface area contributed by atoms with E-state index in [2.05, 4.69) is 28.6 Å². The Hall–Kier alpha value is -1.70. The van der Waals surface area contributed by atoms with Gasteiger partial charge in [-0.05, 0) is 68.0 Å². The largest absolute Gasteiger partial charge is 0.385 e. The van der Waals surface area contributed by atoms with E-state index in [4.69, 9.17) is 0 Å². The Labute approximate surface area is 179 Å². The summed E-state index contributed by atoms with van der Waals surface area (Å²) in [7, 11) is -3.55. The maximum absolute atomic E-state index is 12.4. The Balaban J connectivity index is 1.44. The van der Waals surface area contributed by atoms with Gasteiger partial charge in [0.25, 0.3) is 10.0 Å². The van der Waals surface area contributed by atoms with E-state index in [0.717, 1.165) is 12.2 Å². The average molecular weight is 434 g/mol. The topological polar surface area (TPSA) is 70.2 Å². The third kappa shape index (κ3) is 6.94. The molecular formula is C22H31N3O2S2. The van der Waals surface area contributed by atoms with E-state index < -0.39 is 10.0 Å². The summed E-state index contributed by atoms with van der Waals surface area (Å²) < 4.78 is 31.0. The Kier molecular flexibility index (Phi) is 7.86. The zero-order chi connectivity index (χ0) is 20.7. The van der Waals surface area contributed by atoms with Gasteiger partial charge >= 0.3 is 0 Å². The van der Waals surface area contributed by atoms with E-state index in [9.17, 15) is 8.42 Å². The molecule has 0 bridgehead atoms. The lowest BCUT2D eigenvalue weighted by Crippen LogP contribution is -2.31. The normalized spacial score (nSPS) is 19.8. The van der Waals surface area contributed by atoms with Crippen molar-refractivity contribution in [2.75, 3.05) is 16.6 Å². The van der Waals surface area contributed by atoms with E-state index in [0.29, 0.717) is 22.9 Å². The first-order valence-electron chi connectivity index (χ1n) is 10.3.